The van der Waals surface area contributed by atoms with E-state index in [2.05, 4.69) is 15.6 Å². The molecule has 1 fully saturated rings. The van der Waals surface area contributed by atoms with Gasteiger partial charge in [0.1, 0.15) is 17.5 Å². The van der Waals surface area contributed by atoms with Crippen LogP contribution < -0.4 is 10.6 Å². The van der Waals surface area contributed by atoms with Crippen molar-refractivity contribution < 1.29 is 4.79 Å². The van der Waals surface area contributed by atoms with Crippen molar-refractivity contribution in [2.75, 3.05) is 5.32 Å². The topological polar surface area (TPSA) is 77.8 Å². The molecule has 5 heteroatoms. The first kappa shape index (κ1) is 21.0. The molecule has 0 atom stereocenters. The number of aryl methyl sites for hydroxylation is 1. The molecule has 1 aromatic heterocycles. The van der Waals surface area contributed by atoms with Crippen molar-refractivity contribution in [3.63, 3.8) is 0 Å². The van der Waals surface area contributed by atoms with E-state index < -0.39 is 0 Å². The fourth-order valence-electron chi connectivity index (χ4n) is 3.50. The van der Waals surface area contributed by atoms with Crippen LogP contribution in [0.25, 0.3) is 0 Å². The quantitative estimate of drug-likeness (QED) is 0.579. The summed E-state index contributed by atoms with van der Waals surface area (Å²) in [6.45, 7) is 1.93. The van der Waals surface area contributed by atoms with E-state index in [4.69, 9.17) is 0 Å². The molecule has 5 nitrogen and oxygen atoms in total. The predicted molar refractivity (Wildman–Crippen MR) is 109 cm³/mol. The SMILES string of the molecule is Cc1cccnc1N/C=C(/C#N)C(=O)NC1CCCCCCCCCCC1. The van der Waals surface area contributed by atoms with E-state index in [0.717, 1.165) is 31.2 Å². The molecule has 0 bridgehead atoms. The minimum Gasteiger partial charge on any atom is -0.349 e. The molecule has 1 aliphatic carbocycles. The van der Waals surface area contributed by atoms with Gasteiger partial charge in [-0.05, 0) is 31.4 Å². The third-order valence-electron chi connectivity index (χ3n) is 5.17. The second kappa shape index (κ2) is 12.1. The van der Waals surface area contributed by atoms with Gasteiger partial charge in [0.05, 0.1) is 0 Å². The highest BCUT2D eigenvalue weighted by atomic mass is 16.1. The normalized spacial score (nSPS) is 17.9. The van der Waals surface area contributed by atoms with Gasteiger partial charge >= 0.3 is 0 Å². The lowest BCUT2D eigenvalue weighted by molar-refractivity contribution is -0.117. The Balaban J connectivity index is 1.93. The van der Waals surface area contributed by atoms with Crippen LogP contribution in [0.15, 0.2) is 30.1 Å². The molecular weight excluding hydrogens is 336 g/mol. The Kier molecular flexibility index (Phi) is 9.40. The van der Waals surface area contributed by atoms with Crippen molar-refractivity contribution in [2.24, 2.45) is 0 Å². The summed E-state index contributed by atoms with van der Waals surface area (Å²) in [5.74, 6) is 0.361. The van der Waals surface area contributed by atoms with Gasteiger partial charge in [-0.1, -0.05) is 63.9 Å². The molecular formula is C22H32N4O. The Morgan fingerprint density at radius 1 is 1.11 bits per heavy atom. The molecule has 1 amide bonds. The molecule has 0 aliphatic heterocycles. The van der Waals surface area contributed by atoms with Gasteiger partial charge in [0.15, 0.2) is 0 Å². The van der Waals surface area contributed by atoms with Crippen LogP contribution in [0.5, 0.6) is 0 Å². The molecule has 27 heavy (non-hydrogen) atoms. The van der Waals surface area contributed by atoms with Crippen LogP contribution in [0.3, 0.4) is 0 Å². The summed E-state index contributed by atoms with van der Waals surface area (Å²) >= 11 is 0. The summed E-state index contributed by atoms with van der Waals surface area (Å²) in [5.41, 5.74) is 1.05. The number of aromatic nitrogens is 1. The number of nitrogens with zero attached hydrogens (tertiary/aromatic N) is 2. The Morgan fingerprint density at radius 3 is 2.26 bits per heavy atom. The number of nitrogens with one attached hydrogen (secondary N) is 2. The number of rotatable bonds is 4. The van der Waals surface area contributed by atoms with Gasteiger partial charge in [-0.25, -0.2) is 4.98 Å². The third kappa shape index (κ3) is 7.82. The Hall–Kier alpha value is -2.35. The van der Waals surface area contributed by atoms with Gasteiger partial charge in [0.25, 0.3) is 5.91 Å². The van der Waals surface area contributed by atoms with Gasteiger partial charge in [-0.15, -0.1) is 0 Å². The summed E-state index contributed by atoms with van der Waals surface area (Å²) in [7, 11) is 0. The van der Waals surface area contributed by atoms with E-state index >= 15 is 0 Å². The number of hydrogen-bond donors (Lipinski definition) is 2. The van der Waals surface area contributed by atoms with Crippen LogP contribution in [0, 0.1) is 18.3 Å². The number of hydrogen-bond acceptors (Lipinski definition) is 4. The maximum absolute atomic E-state index is 12.6. The fourth-order valence-corrected chi connectivity index (χ4v) is 3.50. The first-order valence-electron chi connectivity index (χ1n) is 10.3. The lowest BCUT2D eigenvalue weighted by atomic mass is 9.98. The van der Waals surface area contributed by atoms with Crippen LogP contribution in [0.1, 0.15) is 76.2 Å². The standard InChI is InChI=1S/C22H32N4O/c1-18-12-11-15-24-21(18)25-17-19(16-23)22(27)26-20-13-9-7-5-3-2-4-6-8-10-14-20/h11-12,15,17,20H,2-10,13-14H2,1H3,(H,24,25)(H,26,27)/b19-17-. The summed E-state index contributed by atoms with van der Waals surface area (Å²) in [6.07, 6.45) is 16.5. The molecule has 0 spiro atoms. The molecule has 1 saturated carbocycles. The van der Waals surface area contributed by atoms with Gasteiger partial charge in [0, 0.05) is 18.4 Å². The van der Waals surface area contributed by atoms with Crippen LogP contribution in [0.2, 0.25) is 0 Å². The molecule has 2 N–H and O–H groups in total. The summed E-state index contributed by atoms with van der Waals surface area (Å²) in [4.78, 5) is 16.8. The van der Waals surface area contributed by atoms with E-state index in [1.165, 1.54) is 51.1 Å². The molecule has 1 aliphatic rings. The number of carbonyl (C=O) groups is 1. The second-order valence-electron chi connectivity index (χ2n) is 7.41. The van der Waals surface area contributed by atoms with E-state index in [9.17, 15) is 10.1 Å². The monoisotopic (exact) mass is 368 g/mol. The van der Waals surface area contributed by atoms with Crippen LogP contribution in [-0.4, -0.2) is 16.9 Å². The highest BCUT2D eigenvalue weighted by molar-refractivity contribution is 5.97. The molecule has 146 valence electrons. The minimum absolute atomic E-state index is 0.0890. The number of anilines is 1. The average Bonchev–Trinajstić information content (AvgIpc) is 2.66. The molecule has 0 unspecified atom stereocenters. The Bertz CT molecular complexity index is 651. The zero-order valence-electron chi connectivity index (χ0n) is 16.5. The van der Waals surface area contributed by atoms with Gasteiger partial charge in [-0.2, -0.15) is 5.26 Å². The highest BCUT2D eigenvalue weighted by Crippen LogP contribution is 2.17. The fraction of sp³-hybridized carbons (Fsp3) is 0.591. The maximum atomic E-state index is 12.6. The Labute approximate surface area is 163 Å². The van der Waals surface area contributed by atoms with Crippen LogP contribution in [-0.2, 0) is 4.79 Å². The average molecular weight is 369 g/mol. The smallest absolute Gasteiger partial charge is 0.263 e. The molecule has 2 rings (SSSR count). The largest absolute Gasteiger partial charge is 0.349 e. The van der Waals surface area contributed by atoms with Gasteiger partial charge in [-0.3, -0.25) is 4.79 Å². The molecule has 0 saturated heterocycles. The van der Waals surface area contributed by atoms with Crippen molar-refractivity contribution in [3.05, 3.63) is 35.7 Å². The van der Waals surface area contributed by atoms with Crippen molar-refractivity contribution in [1.29, 1.82) is 5.26 Å². The third-order valence-corrected chi connectivity index (χ3v) is 5.17. The lowest BCUT2D eigenvalue weighted by Crippen LogP contribution is -2.35. The summed E-state index contributed by atoms with van der Waals surface area (Å²) in [6, 6.07) is 5.95. The Morgan fingerprint density at radius 2 is 1.70 bits per heavy atom. The van der Waals surface area contributed by atoms with Crippen molar-refractivity contribution in [2.45, 2.75) is 83.6 Å². The molecule has 1 aromatic rings. The molecule has 1 heterocycles. The zero-order chi connectivity index (χ0) is 19.3. The molecule has 0 radical (unpaired) electrons. The minimum atomic E-state index is -0.296. The highest BCUT2D eigenvalue weighted by Gasteiger charge is 2.16. The maximum Gasteiger partial charge on any atom is 0.263 e. The predicted octanol–water partition coefficient (Wildman–Crippen LogP) is 5.00. The molecule has 0 aromatic carbocycles. The van der Waals surface area contributed by atoms with E-state index in [1.807, 2.05) is 25.1 Å². The van der Waals surface area contributed by atoms with Crippen molar-refractivity contribution in [3.8, 4) is 6.07 Å². The number of nitriles is 1. The van der Waals surface area contributed by atoms with Crippen LogP contribution >= 0.6 is 0 Å². The zero-order valence-corrected chi connectivity index (χ0v) is 16.5. The first-order chi connectivity index (χ1) is 13.2. The number of carbonyl (C=O) groups excluding carboxylic acids is 1. The lowest BCUT2D eigenvalue weighted by Gasteiger charge is -2.19. The van der Waals surface area contributed by atoms with Gasteiger partial charge < -0.3 is 10.6 Å². The van der Waals surface area contributed by atoms with E-state index in [0.29, 0.717) is 5.82 Å². The van der Waals surface area contributed by atoms with E-state index in [-0.39, 0.29) is 17.5 Å². The first-order valence-corrected chi connectivity index (χ1v) is 10.3. The second-order valence-corrected chi connectivity index (χ2v) is 7.41. The van der Waals surface area contributed by atoms with Crippen LogP contribution in [0.4, 0.5) is 5.82 Å². The summed E-state index contributed by atoms with van der Waals surface area (Å²) in [5, 5.41) is 15.4. The van der Waals surface area contributed by atoms with E-state index in [1.54, 1.807) is 6.20 Å². The number of pyridine rings is 1. The number of amides is 1. The van der Waals surface area contributed by atoms with Crippen molar-refractivity contribution in [1.82, 2.24) is 10.3 Å². The van der Waals surface area contributed by atoms with Crippen molar-refractivity contribution >= 4 is 11.7 Å². The summed E-state index contributed by atoms with van der Waals surface area (Å²) < 4.78 is 0. The van der Waals surface area contributed by atoms with Gasteiger partial charge in [0.2, 0.25) is 0 Å².